The smallest absolute Gasteiger partial charge is 0.135 e. The number of rotatable bonds is 7. The van der Waals surface area contributed by atoms with Crippen molar-refractivity contribution >= 4 is 11.4 Å². The van der Waals surface area contributed by atoms with Crippen molar-refractivity contribution in [3.8, 4) is 34.1 Å². The van der Waals surface area contributed by atoms with Crippen LogP contribution >= 0.6 is 0 Å². The zero-order chi connectivity index (χ0) is 32.0. The summed E-state index contributed by atoms with van der Waals surface area (Å²) in [7, 11) is 0. The lowest BCUT2D eigenvalue weighted by Gasteiger charge is -2.57. The molecule has 8 bridgehead atoms. The summed E-state index contributed by atoms with van der Waals surface area (Å²) < 4.78 is 13.6. The predicted molar refractivity (Wildman–Crippen MR) is 193 cm³/mol. The molecule has 4 N–H and O–H groups in total. The van der Waals surface area contributed by atoms with E-state index in [9.17, 15) is 0 Å². The van der Waals surface area contributed by atoms with Crippen LogP contribution in [-0.2, 0) is 10.8 Å². The minimum atomic E-state index is 0.277. The topological polar surface area (TPSA) is 70.5 Å². The maximum Gasteiger partial charge on any atom is 0.135 e. The summed E-state index contributed by atoms with van der Waals surface area (Å²) in [6.45, 7) is 0. The number of nitrogen functional groups attached to an aromatic ring is 2. The number of hydrogen-bond donors (Lipinski definition) is 2. The zero-order valence-corrected chi connectivity index (χ0v) is 28.0. The van der Waals surface area contributed by atoms with E-state index in [1.54, 1.807) is 0 Å². The largest absolute Gasteiger partial charge is 0.457 e. The van der Waals surface area contributed by atoms with Gasteiger partial charge in [-0.15, -0.1) is 0 Å². The van der Waals surface area contributed by atoms with Crippen LogP contribution in [0.25, 0.3) is 11.1 Å². The van der Waals surface area contributed by atoms with E-state index in [1.807, 2.05) is 48.5 Å². The minimum Gasteiger partial charge on any atom is -0.457 e. The summed E-state index contributed by atoms with van der Waals surface area (Å²) >= 11 is 0. The minimum absolute atomic E-state index is 0.277. The quantitative estimate of drug-likeness (QED) is 0.198. The first-order chi connectivity index (χ1) is 23.4. The van der Waals surface area contributed by atoms with Gasteiger partial charge in [0.1, 0.15) is 23.0 Å². The molecule has 8 aliphatic carbocycles. The fourth-order valence-electron chi connectivity index (χ4n) is 12.6. The summed E-state index contributed by atoms with van der Waals surface area (Å²) in [6, 6.07) is 29.9. The van der Waals surface area contributed by atoms with Crippen LogP contribution in [0.2, 0.25) is 0 Å². The van der Waals surface area contributed by atoms with Gasteiger partial charge >= 0.3 is 0 Å². The van der Waals surface area contributed by atoms with Crippen LogP contribution in [0.4, 0.5) is 11.4 Å². The molecular formula is C44H48N2O2. The molecule has 48 heavy (non-hydrogen) atoms. The monoisotopic (exact) mass is 636 g/mol. The second kappa shape index (κ2) is 10.8. The van der Waals surface area contributed by atoms with Crippen molar-refractivity contribution in [2.45, 2.75) is 87.9 Å². The molecule has 0 radical (unpaired) electrons. The number of nitrogens with two attached hydrogens (primary N) is 2. The molecule has 0 unspecified atom stereocenters. The van der Waals surface area contributed by atoms with Crippen molar-refractivity contribution in [2.75, 3.05) is 11.5 Å². The average molecular weight is 637 g/mol. The van der Waals surface area contributed by atoms with E-state index >= 15 is 0 Å². The van der Waals surface area contributed by atoms with Crippen molar-refractivity contribution in [1.82, 2.24) is 0 Å². The highest BCUT2D eigenvalue weighted by Crippen LogP contribution is 2.63. The van der Waals surface area contributed by atoms with Crippen molar-refractivity contribution in [1.29, 1.82) is 0 Å². The number of ether oxygens (including phenoxy) is 2. The Hall–Kier alpha value is -3.92. The van der Waals surface area contributed by atoms with Crippen molar-refractivity contribution in [3.63, 3.8) is 0 Å². The molecule has 246 valence electrons. The number of hydrogen-bond acceptors (Lipinski definition) is 4. The van der Waals surface area contributed by atoms with Crippen LogP contribution < -0.4 is 20.9 Å². The highest BCUT2D eigenvalue weighted by atomic mass is 16.5. The standard InChI is InChI=1S/C44H48N2O2/c45-35-3-7-37(8-4-35)47-41-11-1-33(43-21-27-13-28(22-43)15-29(14-27)23-43)19-39(41)40-20-34(2-12-42(40)48-38-9-5-36(46)6-10-38)44-24-30-16-31(25-44)18-32(17-30)26-44/h1-12,19-20,27-32H,13-18,21-26,45-46H2. The molecule has 4 aromatic carbocycles. The van der Waals surface area contributed by atoms with Gasteiger partial charge in [0.25, 0.3) is 0 Å². The van der Waals surface area contributed by atoms with E-state index in [1.165, 1.54) is 88.2 Å². The van der Waals surface area contributed by atoms with Gasteiger partial charge in [0, 0.05) is 22.5 Å². The fraction of sp³-hybridized carbons (Fsp3) is 0.455. The SMILES string of the molecule is Nc1ccc(Oc2ccc(C34CC5CC(CC(C5)C3)C4)cc2-c2cc(C34CC5CC(CC(C5)C3)C4)ccc2Oc2ccc(N)cc2)cc1. The molecule has 8 fully saturated rings. The molecule has 0 saturated heterocycles. The Labute approximate surface area is 285 Å². The number of anilines is 2. The van der Waals surface area contributed by atoms with Gasteiger partial charge in [0.2, 0.25) is 0 Å². The Morgan fingerprint density at radius 1 is 0.417 bits per heavy atom. The summed E-state index contributed by atoms with van der Waals surface area (Å²) in [5.74, 6) is 8.64. The lowest BCUT2D eigenvalue weighted by atomic mass is 9.48. The van der Waals surface area contributed by atoms with Gasteiger partial charge in [-0.1, -0.05) is 12.1 Å². The maximum atomic E-state index is 6.78. The molecule has 0 aliphatic heterocycles. The molecule has 4 heteroatoms. The van der Waals surface area contributed by atoms with Gasteiger partial charge < -0.3 is 20.9 Å². The molecule has 0 heterocycles. The molecule has 0 amide bonds. The van der Waals surface area contributed by atoms with Crippen LogP contribution in [0.3, 0.4) is 0 Å². The van der Waals surface area contributed by atoms with Gasteiger partial charge in [-0.3, -0.25) is 0 Å². The van der Waals surface area contributed by atoms with Gasteiger partial charge in [0.15, 0.2) is 0 Å². The first-order valence-corrected chi connectivity index (χ1v) is 18.7. The Morgan fingerprint density at radius 3 is 1.04 bits per heavy atom. The van der Waals surface area contributed by atoms with Crippen LogP contribution in [0.15, 0.2) is 84.9 Å². The van der Waals surface area contributed by atoms with E-state index in [4.69, 9.17) is 20.9 Å². The molecular weight excluding hydrogens is 588 g/mol. The first-order valence-electron chi connectivity index (χ1n) is 18.7. The van der Waals surface area contributed by atoms with E-state index in [-0.39, 0.29) is 10.8 Å². The molecule has 12 rings (SSSR count). The van der Waals surface area contributed by atoms with Gasteiger partial charge in [0.05, 0.1) is 0 Å². The molecule has 4 aromatic rings. The normalized spacial score (nSPS) is 34.0. The average Bonchev–Trinajstić information content (AvgIpc) is 3.06. The zero-order valence-electron chi connectivity index (χ0n) is 28.0. The van der Waals surface area contributed by atoms with Crippen LogP contribution in [0, 0.1) is 35.5 Å². The second-order valence-corrected chi connectivity index (χ2v) is 17.2. The molecule has 0 atom stereocenters. The lowest BCUT2D eigenvalue weighted by molar-refractivity contribution is -0.00536. The van der Waals surface area contributed by atoms with Gasteiger partial charge in [-0.25, -0.2) is 0 Å². The fourth-order valence-corrected chi connectivity index (χ4v) is 12.6. The van der Waals surface area contributed by atoms with E-state index < -0.39 is 0 Å². The van der Waals surface area contributed by atoms with E-state index in [2.05, 4.69) is 36.4 Å². The third-order valence-electron chi connectivity index (χ3n) is 13.8. The van der Waals surface area contributed by atoms with Crippen molar-refractivity contribution in [2.24, 2.45) is 35.5 Å². The molecule has 8 aliphatic rings. The molecule has 8 saturated carbocycles. The maximum absolute atomic E-state index is 6.78. The summed E-state index contributed by atoms with van der Waals surface area (Å²) in [5.41, 5.74) is 19.4. The van der Waals surface area contributed by atoms with E-state index in [0.29, 0.717) is 0 Å². The second-order valence-electron chi connectivity index (χ2n) is 17.2. The summed E-state index contributed by atoms with van der Waals surface area (Å²) in [5, 5.41) is 0. The van der Waals surface area contributed by atoms with Crippen LogP contribution in [0.5, 0.6) is 23.0 Å². The Morgan fingerprint density at radius 2 is 0.729 bits per heavy atom. The Balaban J connectivity index is 1.13. The van der Waals surface area contributed by atoms with Crippen molar-refractivity contribution in [3.05, 3.63) is 96.1 Å². The third kappa shape index (κ3) is 4.92. The highest BCUT2D eigenvalue weighted by Gasteiger charge is 2.53. The van der Waals surface area contributed by atoms with Gasteiger partial charge in [-0.05, 0) is 207 Å². The van der Waals surface area contributed by atoms with Crippen LogP contribution in [-0.4, -0.2) is 0 Å². The van der Waals surface area contributed by atoms with Crippen LogP contribution in [0.1, 0.15) is 88.2 Å². The molecule has 4 nitrogen and oxygen atoms in total. The Bertz CT molecular complexity index is 1650. The predicted octanol–water partition coefficient (Wildman–Crippen LogP) is 11.0. The first kappa shape index (κ1) is 29.0. The highest BCUT2D eigenvalue weighted by molar-refractivity contribution is 5.78. The van der Waals surface area contributed by atoms with Crippen molar-refractivity contribution < 1.29 is 9.47 Å². The van der Waals surface area contributed by atoms with E-state index in [0.717, 1.165) is 81.0 Å². The molecule has 0 aromatic heterocycles. The Kier molecular flexibility index (Phi) is 6.53. The molecule has 0 spiro atoms. The summed E-state index contributed by atoms with van der Waals surface area (Å²) in [6.07, 6.45) is 16.6. The van der Waals surface area contributed by atoms with Gasteiger partial charge in [-0.2, -0.15) is 0 Å². The lowest BCUT2D eigenvalue weighted by Crippen LogP contribution is -2.48. The third-order valence-corrected chi connectivity index (χ3v) is 13.8. The number of benzene rings is 4. The summed E-state index contributed by atoms with van der Waals surface area (Å²) in [4.78, 5) is 0.